The number of carboxylic acid groups (broad SMARTS) is 2. The second kappa shape index (κ2) is 11.6. The van der Waals surface area contributed by atoms with Crippen LogP contribution in [-0.4, -0.2) is 11.9 Å². The average molecular weight is 268 g/mol. The Bertz CT molecular complexity index is 158. The second-order valence-electron chi connectivity index (χ2n) is 3.94. The van der Waals surface area contributed by atoms with Crippen LogP contribution in [0.1, 0.15) is 40.5 Å². The molecule has 0 aromatic heterocycles. The van der Waals surface area contributed by atoms with Crippen molar-refractivity contribution in [2.45, 2.75) is 40.5 Å². The second-order valence-corrected chi connectivity index (χ2v) is 3.94. The van der Waals surface area contributed by atoms with Crippen molar-refractivity contribution in [3.63, 3.8) is 0 Å². The van der Waals surface area contributed by atoms with Gasteiger partial charge in [0.1, 0.15) is 0 Å². The molecule has 0 unspecified atom stereocenters. The molecule has 0 radical (unpaired) electrons. The Morgan fingerprint density at radius 2 is 1.07 bits per heavy atom. The van der Waals surface area contributed by atoms with Crippen molar-refractivity contribution in [2.75, 3.05) is 0 Å². The number of aliphatic carboxylic acids is 2. The van der Waals surface area contributed by atoms with Gasteiger partial charge in [-0.2, -0.15) is 0 Å². The van der Waals surface area contributed by atoms with Crippen LogP contribution in [0.15, 0.2) is 0 Å². The van der Waals surface area contributed by atoms with Gasteiger partial charge in [0, 0.05) is 11.9 Å². The van der Waals surface area contributed by atoms with Crippen molar-refractivity contribution in [1.82, 2.24) is 0 Å². The molecule has 0 aliphatic rings. The molecule has 0 aromatic rings. The van der Waals surface area contributed by atoms with E-state index in [-0.39, 0.29) is 44.2 Å². The molecule has 0 aliphatic heterocycles. The maximum atomic E-state index is 9.70. The fourth-order valence-electron chi connectivity index (χ4n) is 0.667. The molecular formula is C10H18O4Zn. The Labute approximate surface area is 104 Å². The summed E-state index contributed by atoms with van der Waals surface area (Å²) < 4.78 is 0. The molecule has 0 saturated carbocycles. The van der Waals surface area contributed by atoms with Gasteiger partial charge < -0.3 is 19.8 Å². The van der Waals surface area contributed by atoms with E-state index in [0.717, 1.165) is 0 Å². The van der Waals surface area contributed by atoms with E-state index in [1.165, 1.54) is 0 Å². The first-order valence-electron chi connectivity index (χ1n) is 4.65. The summed E-state index contributed by atoms with van der Waals surface area (Å²) in [6, 6.07) is 0. The summed E-state index contributed by atoms with van der Waals surface area (Å²) >= 11 is 0. The third-order valence-corrected chi connectivity index (χ3v) is 1.15. The van der Waals surface area contributed by atoms with Crippen LogP contribution in [0.5, 0.6) is 0 Å². The van der Waals surface area contributed by atoms with Crippen molar-refractivity contribution in [3.05, 3.63) is 0 Å². The van der Waals surface area contributed by atoms with E-state index in [9.17, 15) is 19.8 Å². The van der Waals surface area contributed by atoms with Crippen LogP contribution in [0.3, 0.4) is 0 Å². The number of carbonyl (C=O) groups is 2. The topological polar surface area (TPSA) is 80.3 Å². The quantitative estimate of drug-likeness (QED) is 0.647. The number of hydrogen-bond donors (Lipinski definition) is 0. The van der Waals surface area contributed by atoms with E-state index in [4.69, 9.17) is 0 Å². The van der Waals surface area contributed by atoms with Crippen molar-refractivity contribution in [2.24, 2.45) is 11.8 Å². The van der Waals surface area contributed by atoms with E-state index >= 15 is 0 Å². The van der Waals surface area contributed by atoms with Crippen LogP contribution in [0.25, 0.3) is 0 Å². The third-order valence-electron chi connectivity index (χ3n) is 1.15. The zero-order valence-electron chi connectivity index (χ0n) is 9.91. The first-order chi connectivity index (χ1) is 6.25. The summed E-state index contributed by atoms with van der Waals surface area (Å²) in [4.78, 5) is 19.4. The van der Waals surface area contributed by atoms with Gasteiger partial charge in [0.2, 0.25) is 0 Å². The summed E-state index contributed by atoms with van der Waals surface area (Å²) in [5, 5.41) is 19.4. The summed E-state index contributed by atoms with van der Waals surface area (Å²) in [5.41, 5.74) is 0. The molecule has 0 atom stereocenters. The summed E-state index contributed by atoms with van der Waals surface area (Å²) in [6.45, 7) is 7.37. The molecule has 0 fully saturated rings. The number of carboxylic acids is 2. The fraction of sp³-hybridized carbons (Fsp3) is 0.800. The smallest absolute Gasteiger partial charge is 0.550 e. The molecule has 0 amide bonds. The molecular weight excluding hydrogens is 249 g/mol. The van der Waals surface area contributed by atoms with Gasteiger partial charge in [-0.05, 0) is 24.7 Å². The first-order valence-corrected chi connectivity index (χ1v) is 4.65. The Hall–Kier alpha value is -0.437. The van der Waals surface area contributed by atoms with Gasteiger partial charge in [-0.1, -0.05) is 27.7 Å². The van der Waals surface area contributed by atoms with Crippen molar-refractivity contribution in [1.29, 1.82) is 0 Å². The van der Waals surface area contributed by atoms with Crippen molar-refractivity contribution in [3.8, 4) is 0 Å². The number of rotatable bonds is 4. The van der Waals surface area contributed by atoms with Crippen LogP contribution >= 0.6 is 0 Å². The van der Waals surface area contributed by atoms with Crippen LogP contribution in [0.4, 0.5) is 0 Å². The SMILES string of the molecule is CC(C)CC(=O)[O-].CC(C)CC(=O)[O-].[Zn+2]. The van der Waals surface area contributed by atoms with Crippen LogP contribution in [0.2, 0.25) is 0 Å². The standard InChI is InChI=1S/2C5H10O2.Zn/c2*1-4(2)3-5(6)7;/h2*4H,3H2,1-2H3,(H,6,7);/q;;+2/p-2. The zero-order chi connectivity index (χ0) is 11.7. The van der Waals surface area contributed by atoms with Crippen molar-refractivity contribution >= 4 is 11.9 Å². The predicted octanol–water partition coefficient (Wildman–Crippen LogP) is -0.438. The molecule has 4 nitrogen and oxygen atoms in total. The summed E-state index contributed by atoms with van der Waals surface area (Å²) in [5.74, 6) is -1.50. The van der Waals surface area contributed by atoms with E-state index in [1.807, 2.05) is 27.7 Å². The molecule has 15 heavy (non-hydrogen) atoms. The maximum absolute atomic E-state index is 9.70. The molecule has 84 valence electrons. The normalized spacial score (nSPS) is 8.93. The number of carbonyl (C=O) groups excluding carboxylic acids is 2. The van der Waals surface area contributed by atoms with Gasteiger partial charge in [0.15, 0.2) is 0 Å². The molecule has 0 bridgehead atoms. The fourth-order valence-corrected chi connectivity index (χ4v) is 0.667. The van der Waals surface area contributed by atoms with Crippen LogP contribution in [0, 0.1) is 11.8 Å². The van der Waals surface area contributed by atoms with E-state index in [2.05, 4.69) is 0 Å². The molecule has 0 N–H and O–H groups in total. The molecule has 0 spiro atoms. The molecule has 0 rings (SSSR count). The van der Waals surface area contributed by atoms with Crippen molar-refractivity contribution < 1.29 is 39.3 Å². The molecule has 0 aromatic carbocycles. The zero-order valence-corrected chi connectivity index (χ0v) is 12.9. The largest absolute Gasteiger partial charge is 2.00 e. The van der Waals surface area contributed by atoms with E-state index < -0.39 is 11.9 Å². The molecule has 0 aliphatic carbocycles. The van der Waals surface area contributed by atoms with Crippen LogP contribution in [-0.2, 0) is 29.1 Å². The monoisotopic (exact) mass is 266 g/mol. The minimum absolute atomic E-state index is 0. The Morgan fingerprint density at radius 3 is 1.07 bits per heavy atom. The molecule has 0 saturated heterocycles. The van der Waals surface area contributed by atoms with Gasteiger partial charge in [-0.15, -0.1) is 0 Å². The molecule has 0 heterocycles. The van der Waals surface area contributed by atoms with E-state index in [0.29, 0.717) is 0 Å². The minimum Gasteiger partial charge on any atom is -0.550 e. The van der Waals surface area contributed by atoms with Gasteiger partial charge in [0.05, 0.1) is 0 Å². The Morgan fingerprint density at radius 1 is 0.867 bits per heavy atom. The Kier molecular flexibility index (Phi) is 15.5. The van der Waals surface area contributed by atoms with E-state index in [1.54, 1.807) is 0 Å². The molecule has 5 heteroatoms. The Balaban J connectivity index is -0.000000180. The minimum atomic E-state index is -0.963. The maximum Gasteiger partial charge on any atom is 2.00 e. The van der Waals surface area contributed by atoms with Gasteiger partial charge in [-0.3, -0.25) is 0 Å². The first kappa shape index (κ1) is 20.0. The van der Waals surface area contributed by atoms with Crippen LogP contribution < -0.4 is 10.2 Å². The number of hydrogen-bond acceptors (Lipinski definition) is 4. The predicted molar refractivity (Wildman–Crippen MR) is 48.9 cm³/mol. The summed E-state index contributed by atoms with van der Waals surface area (Å²) in [7, 11) is 0. The van der Waals surface area contributed by atoms with Gasteiger partial charge in [-0.25, -0.2) is 0 Å². The third kappa shape index (κ3) is 31.7. The van der Waals surface area contributed by atoms with Gasteiger partial charge >= 0.3 is 19.5 Å². The summed E-state index contributed by atoms with van der Waals surface area (Å²) in [6.07, 6.45) is 0.333. The van der Waals surface area contributed by atoms with Gasteiger partial charge in [0.25, 0.3) is 0 Å². The average Bonchev–Trinajstić information content (AvgIpc) is 1.79.